The number of piperazine rings is 1. The van der Waals surface area contributed by atoms with Gasteiger partial charge in [0, 0.05) is 49.0 Å². The number of hydrogen-bond donors (Lipinski definition) is 0. The van der Waals surface area contributed by atoms with Gasteiger partial charge < -0.3 is 9.42 Å². The summed E-state index contributed by atoms with van der Waals surface area (Å²) in [6.45, 7) is 7.63. The van der Waals surface area contributed by atoms with Gasteiger partial charge >= 0.3 is 0 Å². The standard InChI is InChI=1S/C18H20N6O3/c1-12-10-16(14-4-3-5-15(24(25)26)18(14)19-12)23-8-6-22(7-9-23)11-17-20-13(2)21-27-17/h3-5,10H,6-9,11H2,1-2H3. The molecule has 2 aromatic heterocycles. The predicted octanol–water partition coefficient (Wildman–Crippen LogP) is 2.47. The van der Waals surface area contributed by atoms with E-state index in [1.807, 2.05) is 19.1 Å². The summed E-state index contributed by atoms with van der Waals surface area (Å²) in [5.74, 6) is 1.27. The number of pyridine rings is 1. The monoisotopic (exact) mass is 368 g/mol. The molecule has 1 aliphatic heterocycles. The first-order valence-electron chi connectivity index (χ1n) is 8.82. The van der Waals surface area contributed by atoms with E-state index in [2.05, 4.69) is 24.9 Å². The maximum atomic E-state index is 11.4. The van der Waals surface area contributed by atoms with Crippen LogP contribution in [0.3, 0.4) is 0 Å². The van der Waals surface area contributed by atoms with E-state index in [1.165, 1.54) is 6.07 Å². The van der Waals surface area contributed by atoms with Crippen LogP contribution in [0.5, 0.6) is 0 Å². The fourth-order valence-electron chi connectivity index (χ4n) is 3.49. The number of para-hydroxylation sites is 1. The minimum Gasteiger partial charge on any atom is -0.368 e. The molecule has 9 heteroatoms. The summed E-state index contributed by atoms with van der Waals surface area (Å²) < 4.78 is 5.20. The molecule has 9 nitrogen and oxygen atoms in total. The number of anilines is 1. The molecule has 1 saturated heterocycles. The number of fused-ring (bicyclic) bond motifs is 1. The average molecular weight is 368 g/mol. The molecule has 0 radical (unpaired) electrons. The molecular formula is C18H20N6O3. The van der Waals surface area contributed by atoms with Crippen molar-refractivity contribution in [2.45, 2.75) is 20.4 Å². The molecule has 1 fully saturated rings. The van der Waals surface area contributed by atoms with Gasteiger partial charge in [0.25, 0.3) is 5.69 Å². The first-order chi connectivity index (χ1) is 13.0. The summed E-state index contributed by atoms with van der Waals surface area (Å²) in [5.41, 5.74) is 2.26. The summed E-state index contributed by atoms with van der Waals surface area (Å²) in [6.07, 6.45) is 0. The normalized spacial score (nSPS) is 15.4. The molecule has 3 heterocycles. The van der Waals surface area contributed by atoms with Crippen molar-refractivity contribution < 1.29 is 9.45 Å². The molecule has 0 bridgehead atoms. The molecule has 1 aliphatic rings. The number of non-ortho nitro benzene ring substituents is 1. The van der Waals surface area contributed by atoms with Crippen molar-refractivity contribution in [2.24, 2.45) is 0 Å². The Hall–Kier alpha value is -3.07. The van der Waals surface area contributed by atoms with Gasteiger partial charge in [-0.2, -0.15) is 4.98 Å². The summed E-state index contributed by atoms with van der Waals surface area (Å²) >= 11 is 0. The van der Waals surface area contributed by atoms with E-state index in [0.29, 0.717) is 23.8 Å². The van der Waals surface area contributed by atoms with Crippen LogP contribution >= 0.6 is 0 Å². The van der Waals surface area contributed by atoms with Crippen LogP contribution < -0.4 is 4.90 Å². The second kappa shape index (κ2) is 6.92. The number of benzene rings is 1. The quantitative estimate of drug-likeness (QED) is 0.511. The minimum absolute atomic E-state index is 0.0443. The number of aryl methyl sites for hydroxylation is 2. The Morgan fingerprint density at radius 3 is 2.63 bits per heavy atom. The predicted molar refractivity (Wildman–Crippen MR) is 99.7 cm³/mol. The Bertz CT molecular complexity index is 994. The Morgan fingerprint density at radius 1 is 1.19 bits per heavy atom. The zero-order chi connectivity index (χ0) is 19.0. The van der Waals surface area contributed by atoms with Crippen LogP contribution in [-0.4, -0.2) is 51.1 Å². The summed E-state index contributed by atoms with van der Waals surface area (Å²) in [4.78, 5) is 24.2. The van der Waals surface area contributed by atoms with Gasteiger partial charge in [-0.15, -0.1) is 0 Å². The van der Waals surface area contributed by atoms with E-state index in [-0.39, 0.29) is 10.6 Å². The minimum atomic E-state index is -0.372. The number of nitro groups is 1. The number of nitrogens with zero attached hydrogens (tertiary/aromatic N) is 6. The van der Waals surface area contributed by atoms with Gasteiger partial charge in [0.05, 0.1) is 11.5 Å². The van der Waals surface area contributed by atoms with E-state index in [4.69, 9.17) is 4.52 Å². The smallest absolute Gasteiger partial charge is 0.295 e. The highest BCUT2D eigenvalue weighted by Crippen LogP contribution is 2.32. The zero-order valence-corrected chi connectivity index (χ0v) is 15.3. The molecule has 27 heavy (non-hydrogen) atoms. The van der Waals surface area contributed by atoms with Gasteiger partial charge in [0.2, 0.25) is 5.89 Å². The molecule has 3 aromatic rings. The van der Waals surface area contributed by atoms with Crippen LogP contribution in [0.1, 0.15) is 17.4 Å². The number of aromatic nitrogens is 3. The number of nitro benzene ring substituents is 1. The SMILES string of the molecule is Cc1cc(N2CCN(Cc3nc(C)no3)CC2)c2cccc([N+](=O)[O-])c2n1. The van der Waals surface area contributed by atoms with E-state index >= 15 is 0 Å². The van der Waals surface area contributed by atoms with Crippen molar-refractivity contribution in [1.29, 1.82) is 0 Å². The van der Waals surface area contributed by atoms with Crippen LogP contribution in [0, 0.1) is 24.0 Å². The largest absolute Gasteiger partial charge is 0.368 e. The first kappa shape index (κ1) is 17.3. The van der Waals surface area contributed by atoms with Crippen molar-refractivity contribution >= 4 is 22.3 Å². The summed E-state index contributed by atoms with van der Waals surface area (Å²) in [5, 5.41) is 16.0. The lowest BCUT2D eigenvalue weighted by molar-refractivity contribution is -0.383. The lowest BCUT2D eigenvalue weighted by Crippen LogP contribution is -2.46. The van der Waals surface area contributed by atoms with Crippen molar-refractivity contribution in [3.63, 3.8) is 0 Å². The lowest BCUT2D eigenvalue weighted by atomic mass is 10.1. The Kier molecular flexibility index (Phi) is 4.44. The first-order valence-corrected chi connectivity index (χ1v) is 8.82. The summed E-state index contributed by atoms with van der Waals surface area (Å²) in [7, 11) is 0. The van der Waals surface area contributed by atoms with Gasteiger partial charge in [0.1, 0.15) is 0 Å². The molecular weight excluding hydrogens is 348 g/mol. The fraction of sp³-hybridized carbons (Fsp3) is 0.389. The molecule has 4 rings (SSSR count). The van der Waals surface area contributed by atoms with Gasteiger partial charge in [-0.1, -0.05) is 17.3 Å². The molecule has 0 amide bonds. The Morgan fingerprint density at radius 2 is 1.96 bits per heavy atom. The lowest BCUT2D eigenvalue weighted by Gasteiger charge is -2.36. The maximum Gasteiger partial charge on any atom is 0.295 e. The molecule has 0 spiro atoms. The maximum absolute atomic E-state index is 11.4. The van der Waals surface area contributed by atoms with Gasteiger partial charge in [-0.3, -0.25) is 15.0 Å². The second-order valence-electron chi connectivity index (χ2n) is 6.71. The molecule has 0 unspecified atom stereocenters. The molecule has 0 saturated carbocycles. The number of rotatable bonds is 4. The van der Waals surface area contributed by atoms with E-state index in [0.717, 1.165) is 42.9 Å². The van der Waals surface area contributed by atoms with Crippen LogP contribution in [0.4, 0.5) is 11.4 Å². The Labute approximate surface area is 155 Å². The summed E-state index contributed by atoms with van der Waals surface area (Å²) in [6, 6.07) is 7.12. The topological polar surface area (TPSA) is 101 Å². The number of hydrogen-bond acceptors (Lipinski definition) is 8. The van der Waals surface area contributed by atoms with Gasteiger partial charge in [0.15, 0.2) is 11.3 Å². The third-order valence-electron chi connectivity index (χ3n) is 4.76. The highest BCUT2D eigenvalue weighted by Gasteiger charge is 2.23. The van der Waals surface area contributed by atoms with Crippen molar-refractivity contribution in [3.8, 4) is 0 Å². The van der Waals surface area contributed by atoms with Crippen molar-refractivity contribution in [3.05, 3.63) is 51.8 Å². The molecule has 0 N–H and O–H groups in total. The Balaban J connectivity index is 1.57. The third-order valence-corrected chi connectivity index (χ3v) is 4.76. The van der Waals surface area contributed by atoms with Gasteiger partial charge in [-0.05, 0) is 19.9 Å². The highest BCUT2D eigenvalue weighted by atomic mass is 16.6. The second-order valence-corrected chi connectivity index (χ2v) is 6.71. The average Bonchev–Trinajstić information content (AvgIpc) is 3.06. The van der Waals surface area contributed by atoms with E-state index in [9.17, 15) is 10.1 Å². The third kappa shape index (κ3) is 3.45. The zero-order valence-electron chi connectivity index (χ0n) is 15.3. The molecule has 1 aromatic carbocycles. The van der Waals surface area contributed by atoms with E-state index < -0.39 is 0 Å². The van der Waals surface area contributed by atoms with Crippen LogP contribution in [0.2, 0.25) is 0 Å². The van der Waals surface area contributed by atoms with Crippen molar-refractivity contribution in [1.82, 2.24) is 20.0 Å². The van der Waals surface area contributed by atoms with Crippen LogP contribution in [0.15, 0.2) is 28.8 Å². The van der Waals surface area contributed by atoms with Crippen LogP contribution in [-0.2, 0) is 6.54 Å². The van der Waals surface area contributed by atoms with E-state index in [1.54, 1.807) is 13.0 Å². The molecule has 140 valence electrons. The fourth-order valence-corrected chi connectivity index (χ4v) is 3.49. The van der Waals surface area contributed by atoms with Crippen molar-refractivity contribution in [2.75, 3.05) is 31.1 Å². The highest BCUT2D eigenvalue weighted by molar-refractivity contribution is 5.97. The molecule has 0 atom stereocenters. The van der Waals surface area contributed by atoms with Crippen LogP contribution in [0.25, 0.3) is 10.9 Å². The van der Waals surface area contributed by atoms with Gasteiger partial charge in [-0.25, -0.2) is 4.98 Å². The molecule has 0 aliphatic carbocycles.